The number of hydrogen-bond donors (Lipinski definition) is 1. The number of rotatable bonds is 0. The average Bonchev–Trinajstić information content (AvgIpc) is 2.12. The molecule has 2 aromatic rings. The Labute approximate surface area is 85.3 Å². The van der Waals surface area contributed by atoms with Gasteiger partial charge in [0.05, 0.1) is 10.0 Å². The van der Waals surface area contributed by atoms with Gasteiger partial charge in [0.2, 0.25) is 0 Å². The molecule has 0 amide bonds. The molecule has 0 spiro atoms. The third kappa shape index (κ3) is 1.43. The van der Waals surface area contributed by atoms with Crippen molar-refractivity contribution in [2.45, 2.75) is 0 Å². The summed E-state index contributed by atoms with van der Waals surface area (Å²) < 4.78 is 0. The summed E-state index contributed by atoms with van der Waals surface area (Å²) in [5.41, 5.74) is 5.53. The third-order valence-electron chi connectivity index (χ3n) is 1.81. The van der Waals surface area contributed by atoms with Crippen molar-refractivity contribution < 1.29 is 0 Å². The van der Waals surface area contributed by atoms with E-state index in [-0.39, 0.29) is 0 Å². The lowest BCUT2D eigenvalue weighted by atomic mass is 10.2. The van der Waals surface area contributed by atoms with Crippen LogP contribution >= 0.6 is 23.2 Å². The van der Waals surface area contributed by atoms with Gasteiger partial charge in [-0.3, -0.25) is 0 Å². The SMILES string of the molecule is Nc1cc2c(Cl)c(Cl)ccc2cn1. The zero-order valence-electron chi connectivity index (χ0n) is 6.59. The Morgan fingerprint density at radius 1 is 1.23 bits per heavy atom. The number of nitrogen functional groups attached to an aromatic ring is 1. The molecule has 2 rings (SSSR count). The van der Waals surface area contributed by atoms with Crippen molar-refractivity contribution in [2.24, 2.45) is 0 Å². The Kier molecular flexibility index (Phi) is 2.02. The average molecular weight is 213 g/mol. The molecule has 0 aliphatic rings. The van der Waals surface area contributed by atoms with Gasteiger partial charge in [-0.05, 0) is 12.1 Å². The highest BCUT2D eigenvalue weighted by atomic mass is 35.5. The number of nitrogens with two attached hydrogens (primary N) is 1. The maximum Gasteiger partial charge on any atom is 0.123 e. The number of aromatic nitrogens is 1. The molecule has 0 unspecified atom stereocenters. The monoisotopic (exact) mass is 212 g/mol. The second-order valence-corrected chi connectivity index (χ2v) is 3.48. The lowest BCUT2D eigenvalue weighted by molar-refractivity contribution is 1.37. The summed E-state index contributed by atoms with van der Waals surface area (Å²) in [4.78, 5) is 3.95. The topological polar surface area (TPSA) is 38.9 Å². The minimum Gasteiger partial charge on any atom is -0.384 e. The molecule has 0 fully saturated rings. The zero-order valence-corrected chi connectivity index (χ0v) is 8.10. The van der Waals surface area contributed by atoms with Crippen LogP contribution in [0.4, 0.5) is 5.82 Å². The van der Waals surface area contributed by atoms with E-state index in [2.05, 4.69) is 4.98 Å². The molecule has 1 aromatic heterocycles. The molecule has 2 N–H and O–H groups in total. The summed E-state index contributed by atoms with van der Waals surface area (Å²) in [6, 6.07) is 5.31. The molecule has 4 heteroatoms. The van der Waals surface area contributed by atoms with Crippen molar-refractivity contribution in [1.29, 1.82) is 0 Å². The maximum atomic E-state index is 5.98. The van der Waals surface area contributed by atoms with Crippen LogP contribution in [-0.4, -0.2) is 4.98 Å². The fraction of sp³-hybridized carbons (Fsp3) is 0. The summed E-state index contributed by atoms with van der Waals surface area (Å²) in [6.45, 7) is 0. The molecule has 0 saturated heterocycles. The van der Waals surface area contributed by atoms with E-state index in [4.69, 9.17) is 28.9 Å². The molecule has 0 aliphatic carbocycles. The number of nitrogens with zero attached hydrogens (tertiary/aromatic N) is 1. The fourth-order valence-corrected chi connectivity index (χ4v) is 1.56. The highest BCUT2D eigenvalue weighted by molar-refractivity contribution is 6.45. The van der Waals surface area contributed by atoms with E-state index < -0.39 is 0 Å². The van der Waals surface area contributed by atoms with E-state index in [1.807, 2.05) is 6.07 Å². The fourth-order valence-electron chi connectivity index (χ4n) is 1.17. The Morgan fingerprint density at radius 3 is 2.77 bits per heavy atom. The van der Waals surface area contributed by atoms with Gasteiger partial charge in [0, 0.05) is 17.0 Å². The summed E-state index contributed by atoms with van der Waals surface area (Å²) in [6.07, 6.45) is 1.67. The summed E-state index contributed by atoms with van der Waals surface area (Å²) in [7, 11) is 0. The van der Waals surface area contributed by atoms with Crippen molar-refractivity contribution in [2.75, 3.05) is 5.73 Å². The van der Waals surface area contributed by atoms with Crippen LogP contribution in [0.2, 0.25) is 10.0 Å². The number of pyridine rings is 1. The minimum absolute atomic E-state index is 0.441. The van der Waals surface area contributed by atoms with Gasteiger partial charge in [0.15, 0.2) is 0 Å². The molecule has 0 atom stereocenters. The van der Waals surface area contributed by atoms with Gasteiger partial charge in [-0.25, -0.2) is 4.98 Å². The van der Waals surface area contributed by atoms with Crippen molar-refractivity contribution in [3.8, 4) is 0 Å². The van der Waals surface area contributed by atoms with Gasteiger partial charge in [0.1, 0.15) is 5.82 Å². The smallest absolute Gasteiger partial charge is 0.123 e. The standard InChI is InChI=1S/C9H6Cl2N2/c10-7-2-1-5-4-13-8(12)3-6(5)9(7)11/h1-4H,(H2,12,13). The molecule has 66 valence electrons. The van der Waals surface area contributed by atoms with E-state index in [0.29, 0.717) is 15.9 Å². The van der Waals surface area contributed by atoms with Crippen LogP contribution in [0.3, 0.4) is 0 Å². The molecular formula is C9H6Cl2N2. The van der Waals surface area contributed by atoms with Gasteiger partial charge in [-0.15, -0.1) is 0 Å². The molecule has 0 radical (unpaired) electrons. The molecule has 2 nitrogen and oxygen atoms in total. The van der Waals surface area contributed by atoms with E-state index >= 15 is 0 Å². The van der Waals surface area contributed by atoms with E-state index in [1.165, 1.54) is 0 Å². The Morgan fingerprint density at radius 2 is 2.00 bits per heavy atom. The number of benzene rings is 1. The van der Waals surface area contributed by atoms with Gasteiger partial charge in [-0.2, -0.15) is 0 Å². The van der Waals surface area contributed by atoms with E-state index in [0.717, 1.165) is 10.8 Å². The number of hydrogen-bond acceptors (Lipinski definition) is 2. The predicted molar refractivity (Wildman–Crippen MR) is 56.2 cm³/mol. The second kappa shape index (κ2) is 3.05. The van der Waals surface area contributed by atoms with Gasteiger partial charge in [-0.1, -0.05) is 29.3 Å². The van der Waals surface area contributed by atoms with Crippen LogP contribution < -0.4 is 5.73 Å². The first-order valence-corrected chi connectivity index (χ1v) is 4.43. The highest BCUT2D eigenvalue weighted by Crippen LogP contribution is 2.30. The largest absolute Gasteiger partial charge is 0.384 e. The highest BCUT2D eigenvalue weighted by Gasteiger charge is 2.03. The molecule has 0 saturated carbocycles. The molecule has 1 heterocycles. The molecule has 0 aliphatic heterocycles. The first-order valence-electron chi connectivity index (χ1n) is 3.68. The number of fused-ring (bicyclic) bond motifs is 1. The van der Waals surface area contributed by atoms with Crippen LogP contribution in [0.25, 0.3) is 10.8 Å². The minimum atomic E-state index is 0.441. The van der Waals surface area contributed by atoms with Crippen molar-refractivity contribution >= 4 is 39.8 Å². The van der Waals surface area contributed by atoms with Gasteiger partial charge < -0.3 is 5.73 Å². The normalized spacial score (nSPS) is 10.6. The second-order valence-electron chi connectivity index (χ2n) is 2.69. The summed E-state index contributed by atoms with van der Waals surface area (Å²) in [5, 5.41) is 2.82. The Hall–Kier alpha value is -0.990. The van der Waals surface area contributed by atoms with Crippen molar-refractivity contribution in [1.82, 2.24) is 4.98 Å². The molecule has 13 heavy (non-hydrogen) atoms. The molecule has 0 bridgehead atoms. The molecular weight excluding hydrogens is 207 g/mol. The first kappa shape index (κ1) is 8.60. The third-order valence-corrected chi connectivity index (χ3v) is 2.63. The van der Waals surface area contributed by atoms with E-state index in [9.17, 15) is 0 Å². The van der Waals surface area contributed by atoms with E-state index in [1.54, 1.807) is 18.3 Å². The van der Waals surface area contributed by atoms with Crippen LogP contribution in [0, 0.1) is 0 Å². The zero-order chi connectivity index (χ0) is 9.42. The lowest BCUT2D eigenvalue weighted by Gasteiger charge is -2.02. The summed E-state index contributed by atoms with van der Waals surface area (Å²) in [5.74, 6) is 0.441. The number of anilines is 1. The predicted octanol–water partition coefficient (Wildman–Crippen LogP) is 3.12. The summed E-state index contributed by atoms with van der Waals surface area (Å²) >= 11 is 11.8. The Balaban J connectivity index is 2.89. The van der Waals surface area contributed by atoms with Crippen LogP contribution in [-0.2, 0) is 0 Å². The van der Waals surface area contributed by atoms with Gasteiger partial charge >= 0.3 is 0 Å². The van der Waals surface area contributed by atoms with Crippen molar-refractivity contribution in [3.63, 3.8) is 0 Å². The molecule has 1 aromatic carbocycles. The lowest BCUT2D eigenvalue weighted by Crippen LogP contribution is -1.89. The van der Waals surface area contributed by atoms with Crippen molar-refractivity contribution in [3.05, 3.63) is 34.4 Å². The quantitative estimate of drug-likeness (QED) is 0.730. The first-order chi connectivity index (χ1) is 6.18. The van der Waals surface area contributed by atoms with Crippen LogP contribution in [0.5, 0.6) is 0 Å². The van der Waals surface area contributed by atoms with Crippen LogP contribution in [0.1, 0.15) is 0 Å². The van der Waals surface area contributed by atoms with Gasteiger partial charge in [0.25, 0.3) is 0 Å². The number of halogens is 2. The van der Waals surface area contributed by atoms with Crippen LogP contribution in [0.15, 0.2) is 24.4 Å². The maximum absolute atomic E-state index is 5.98. The Bertz CT molecular complexity index is 463.